The lowest BCUT2D eigenvalue weighted by molar-refractivity contribution is -0.385. The van der Waals surface area contributed by atoms with Crippen LogP contribution in [0.25, 0.3) is 0 Å². The fourth-order valence-electron chi connectivity index (χ4n) is 2.29. The van der Waals surface area contributed by atoms with Gasteiger partial charge >= 0.3 is 11.7 Å². The molecule has 9 heteroatoms. The Morgan fingerprint density at radius 3 is 2.85 bits per heavy atom. The van der Waals surface area contributed by atoms with Gasteiger partial charge in [0.1, 0.15) is 18.9 Å². The molecular weight excluding hydrogens is 268 g/mol. The fraction of sp³-hybridized carbons (Fsp3) is 0.545. The number of carboxylic acid groups (broad SMARTS) is 1. The molecule has 1 saturated carbocycles. The largest absolute Gasteiger partial charge is 0.481 e. The van der Waals surface area contributed by atoms with Crippen molar-refractivity contribution in [2.24, 2.45) is 5.92 Å². The van der Waals surface area contributed by atoms with Gasteiger partial charge in [-0.15, -0.1) is 0 Å². The van der Waals surface area contributed by atoms with Crippen LogP contribution in [0.4, 0.5) is 5.69 Å². The van der Waals surface area contributed by atoms with Crippen LogP contribution in [-0.2, 0) is 16.1 Å². The average molecular weight is 282 g/mol. The molecule has 0 aromatic carbocycles. The van der Waals surface area contributed by atoms with Gasteiger partial charge in [0.05, 0.1) is 10.8 Å². The Kier molecular flexibility index (Phi) is 3.97. The van der Waals surface area contributed by atoms with E-state index >= 15 is 0 Å². The second-order valence-corrected chi connectivity index (χ2v) is 4.77. The standard InChI is InChI=1S/C11H14N4O5/c16-10(6-14-5-9(4-12-14)15(19)20)13-8-2-1-7(3-8)11(17)18/h4-5,7-8H,1-3,6H2,(H,13,16)(H,17,18)/t7-,8+/m1/s1. The number of aromatic nitrogens is 2. The lowest BCUT2D eigenvalue weighted by atomic mass is 10.1. The van der Waals surface area contributed by atoms with E-state index in [9.17, 15) is 19.7 Å². The summed E-state index contributed by atoms with van der Waals surface area (Å²) in [5.41, 5.74) is -0.176. The fourth-order valence-corrected chi connectivity index (χ4v) is 2.29. The van der Waals surface area contributed by atoms with Crippen molar-refractivity contribution in [2.45, 2.75) is 31.8 Å². The Balaban J connectivity index is 1.83. The summed E-state index contributed by atoms with van der Waals surface area (Å²) in [7, 11) is 0. The number of rotatable bonds is 5. The van der Waals surface area contributed by atoms with Crippen molar-refractivity contribution in [3.63, 3.8) is 0 Å². The zero-order valence-corrected chi connectivity index (χ0v) is 10.6. The molecule has 1 aliphatic carbocycles. The number of hydrogen-bond acceptors (Lipinski definition) is 5. The summed E-state index contributed by atoms with van der Waals surface area (Å²) < 4.78 is 1.18. The summed E-state index contributed by atoms with van der Waals surface area (Å²) in [5.74, 6) is -1.59. The molecule has 1 aliphatic rings. The number of nitrogens with zero attached hydrogens (tertiary/aromatic N) is 3. The molecule has 0 spiro atoms. The molecule has 108 valence electrons. The Morgan fingerprint density at radius 1 is 1.55 bits per heavy atom. The number of amides is 1. The molecule has 0 bridgehead atoms. The highest BCUT2D eigenvalue weighted by molar-refractivity contribution is 5.76. The second kappa shape index (κ2) is 5.68. The number of nitrogens with one attached hydrogen (secondary N) is 1. The van der Waals surface area contributed by atoms with Gasteiger partial charge in [0.25, 0.3) is 0 Å². The van der Waals surface area contributed by atoms with Crippen LogP contribution in [0.2, 0.25) is 0 Å². The normalized spacial score (nSPS) is 21.6. The quantitative estimate of drug-likeness (QED) is 0.585. The maximum absolute atomic E-state index is 11.7. The van der Waals surface area contributed by atoms with E-state index in [0.717, 1.165) is 6.20 Å². The van der Waals surface area contributed by atoms with Gasteiger partial charge in [-0.2, -0.15) is 5.10 Å². The molecule has 2 N–H and O–H groups in total. The van der Waals surface area contributed by atoms with Gasteiger partial charge in [-0.25, -0.2) is 0 Å². The Labute approximate surface area is 113 Å². The van der Waals surface area contributed by atoms with E-state index in [0.29, 0.717) is 19.3 Å². The first kappa shape index (κ1) is 14.0. The van der Waals surface area contributed by atoms with Crippen molar-refractivity contribution < 1.29 is 19.6 Å². The van der Waals surface area contributed by atoms with Crippen LogP contribution in [0.3, 0.4) is 0 Å². The monoisotopic (exact) mass is 282 g/mol. The number of hydrogen-bond donors (Lipinski definition) is 2. The third-order valence-electron chi connectivity index (χ3n) is 3.28. The first-order chi connectivity index (χ1) is 9.45. The number of carboxylic acids is 1. The van der Waals surface area contributed by atoms with Crippen LogP contribution in [0, 0.1) is 16.0 Å². The van der Waals surface area contributed by atoms with Gasteiger partial charge in [0.2, 0.25) is 5.91 Å². The maximum Gasteiger partial charge on any atom is 0.307 e. The Morgan fingerprint density at radius 2 is 2.30 bits per heavy atom. The molecule has 2 rings (SSSR count). The maximum atomic E-state index is 11.7. The van der Waals surface area contributed by atoms with Crippen LogP contribution in [0.15, 0.2) is 12.4 Å². The van der Waals surface area contributed by atoms with Gasteiger partial charge in [-0.3, -0.25) is 24.4 Å². The number of nitro groups is 1. The Bertz CT molecular complexity index is 541. The molecule has 0 radical (unpaired) electrons. The molecule has 0 saturated heterocycles. The molecular formula is C11H14N4O5. The number of carbonyl (C=O) groups is 2. The smallest absolute Gasteiger partial charge is 0.307 e. The van der Waals surface area contributed by atoms with Crippen LogP contribution in [-0.4, -0.2) is 37.7 Å². The van der Waals surface area contributed by atoms with Crippen LogP contribution < -0.4 is 5.32 Å². The van der Waals surface area contributed by atoms with E-state index < -0.39 is 16.8 Å². The second-order valence-electron chi connectivity index (χ2n) is 4.77. The predicted molar refractivity (Wildman–Crippen MR) is 65.8 cm³/mol. The molecule has 1 heterocycles. The highest BCUT2D eigenvalue weighted by Crippen LogP contribution is 2.25. The summed E-state index contributed by atoms with van der Waals surface area (Å²) in [6.07, 6.45) is 3.84. The molecule has 1 amide bonds. The topological polar surface area (TPSA) is 127 Å². The zero-order chi connectivity index (χ0) is 14.7. The van der Waals surface area contributed by atoms with Gasteiger partial charge in [0.15, 0.2) is 0 Å². The zero-order valence-electron chi connectivity index (χ0n) is 10.6. The summed E-state index contributed by atoms with van der Waals surface area (Å²) in [5, 5.41) is 25.8. The minimum atomic E-state index is -0.843. The lowest BCUT2D eigenvalue weighted by Crippen LogP contribution is -2.35. The van der Waals surface area contributed by atoms with Crippen LogP contribution in [0.5, 0.6) is 0 Å². The molecule has 9 nitrogen and oxygen atoms in total. The minimum Gasteiger partial charge on any atom is -0.481 e. The van der Waals surface area contributed by atoms with E-state index in [2.05, 4.69) is 10.4 Å². The lowest BCUT2D eigenvalue weighted by Gasteiger charge is -2.12. The van der Waals surface area contributed by atoms with Gasteiger partial charge in [-0.05, 0) is 19.3 Å². The molecule has 0 aliphatic heterocycles. The van der Waals surface area contributed by atoms with E-state index in [1.54, 1.807) is 0 Å². The van der Waals surface area contributed by atoms with Crippen molar-refractivity contribution in [1.29, 1.82) is 0 Å². The molecule has 2 atom stereocenters. The van der Waals surface area contributed by atoms with Crippen LogP contribution >= 0.6 is 0 Å². The summed E-state index contributed by atoms with van der Waals surface area (Å²) in [6.45, 7) is -0.123. The SMILES string of the molecule is O=C(Cn1cc([N+](=O)[O-])cn1)N[C@H]1CC[C@@H](C(=O)O)C1. The predicted octanol–water partition coefficient (Wildman–Crippen LogP) is 0.161. The molecule has 1 aromatic heterocycles. The Hall–Kier alpha value is -2.45. The summed E-state index contributed by atoms with van der Waals surface area (Å²) >= 11 is 0. The molecule has 1 aromatic rings. The van der Waals surface area contributed by atoms with Crippen molar-refractivity contribution in [3.05, 3.63) is 22.5 Å². The number of carbonyl (C=O) groups excluding carboxylic acids is 1. The van der Waals surface area contributed by atoms with E-state index in [-0.39, 0.29) is 24.2 Å². The molecule has 0 unspecified atom stereocenters. The van der Waals surface area contributed by atoms with E-state index in [1.165, 1.54) is 10.9 Å². The first-order valence-corrected chi connectivity index (χ1v) is 6.14. The van der Waals surface area contributed by atoms with Gasteiger partial charge < -0.3 is 10.4 Å². The average Bonchev–Trinajstić information content (AvgIpc) is 2.98. The third-order valence-corrected chi connectivity index (χ3v) is 3.28. The molecule has 1 fully saturated rings. The van der Waals surface area contributed by atoms with Crippen molar-refractivity contribution in [1.82, 2.24) is 15.1 Å². The van der Waals surface area contributed by atoms with Crippen LogP contribution in [0.1, 0.15) is 19.3 Å². The van der Waals surface area contributed by atoms with E-state index in [4.69, 9.17) is 5.11 Å². The summed E-state index contributed by atoms with van der Waals surface area (Å²) in [4.78, 5) is 32.4. The van der Waals surface area contributed by atoms with Gasteiger partial charge in [-0.1, -0.05) is 0 Å². The minimum absolute atomic E-state index is 0.123. The first-order valence-electron chi connectivity index (χ1n) is 6.14. The van der Waals surface area contributed by atoms with Crippen molar-refractivity contribution >= 4 is 17.6 Å². The summed E-state index contributed by atoms with van der Waals surface area (Å²) in [6, 6.07) is -0.158. The van der Waals surface area contributed by atoms with E-state index in [1.807, 2.05) is 0 Å². The highest BCUT2D eigenvalue weighted by atomic mass is 16.6. The van der Waals surface area contributed by atoms with Crippen molar-refractivity contribution in [2.75, 3.05) is 0 Å². The molecule has 20 heavy (non-hydrogen) atoms. The third kappa shape index (κ3) is 3.31. The van der Waals surface area contributed by atoms with Crippen molar-refractivity contribution in [3.8, 4) is 0 Å². The number of aliphatic carboxylic acids is 1. The highest BCUT2D eigenvalue weighted by Gasteiger charge is 2.30. The van der Waals surface area contributed by atoms with Gasteiger partial charge in [0, 0.05) is 6.04 Å².